The number of rotatable bonds is 5. The summed E-state index contributed by atoms with van der Waals surface area (Å²) in [7, 11) is 0.117. The van der Waals surface area contributed by atoms with Gasteiger partial charge in [0.25, 0.3) is 0 Å². The Morgan fingerprint density at radius 1 is 0.429 bits per heavy atom. The fourth-order valence-corrected chi connectivity index (χ4v) is 88.9. The predicted octanol–water partition coefficient (Wildman–Crippen LogP) is 4.87. The van der Waals surface area contributed by atoms with E-state index in [-0.39, 0.29) is 33.9 Å². The fourth-order valence-electron chi connectivity index (χ4n) is 1.69. The average molecular weight is 295 g/mol. The standard InChI is InChI=1S/C8H24P2Si4/c1-11(2)9(12(3)4)10(13(5)6)14(7)8/h1-8H3. The molecule has 0 atom stereocenters. The zero-order valence-electron chi connectivity index (χ0n) is 10.9. The van der Waals surface area contributed by atoms with Gasteiger partial charge in [0.05, 0.1) is 33.9 Å². The summed E-state index contributed by atoms with van der Waals surface area (Å²) in [5.74, 6) is 0. The van der Waals surface area contributed by atoms with Gasteiger partial charge in [-0.2, -0.15) is 0 Å². The summed E-state index contributed by atoms with van der Waals surface area (Å²) in [6.07, 6.45) is 0. The van der Waals surface area contributed by atoms with Crippen molar-refractivity contribution >= 4 is 47.3 Å². The Balaban J connectivity index is 4.74. The lowest BCUT2D eigenvalue weighted by Gasteiger charge is -2.38. The van der Waals surface area contributed by atoms with Crippen LogP contribution in [0.3, 0.4) is 0 Å². The Kier molecular flexibility index (Phi) is 8.01. The predicted molar refractivity (Wildman–Crippen MR) is 83.8 cm³/mol. The summed E-state index contributed by atoms with van der Waals surface area (Å²) >= 11 is 0. The molecule has 0 heterocycles. The summed E-state index contributed by atoms with van der Waals surface area (Å²) < 4.78 is 0. The third-order valence-electron chi connectivity index (χ3n) is 1.89. The number of hydrogen-bond acceptors (Lipinski definition) is 0. The summed E-state index contributed by atoms with van der Waals surface area (Å²) in [6, 6.07) is 0. The highest BCUT2D eigenvalue weighted by Crippen LogP contribution is 2.73. The topological polar surface area (TPSA) is 0 Å². The van der Waals surface area contributed by atoms with E-state index in [0.717, 1.165) is 0 Å². The van der Waals surface area contributed by atoms with E-state index < -0.39 is 0 Å². The van der Waals surface area contributed by atoms with E-state index >= 15 is 0 Å². The van der Waals surface area contributed by atoms with Crippen LogP contribution in [-0.4, -0.2) is 33.9 Å². The lowest BCUT2D eigenvalue weighted by atomic mass is 11.9. The molecule has 0 aromatic rings. The first-order chi connectivity index (χ1) is 6.29. The molecule has 0 saturated carbocycles. The van der Waals surface area contributed by atoms with E-state index in [9.17, 15) is 0 Å². The zero-order valence-corrected chi connectivity index (χ0v) is 16.7. The summed E-state index contributed by atoms with van der Waals surface area (Å²) in [4.78, 5) is 0. The van der Waals surface area contributed by atoms with Crippen molar-refractivity contribution in [3.63, 3.8) is 0 Å². The molecule has 0 aromatic carbocycles. The Labute approximate surface area is 99.5 Å². The van der Waals surface area contributed by atoms with Gasteiger partial charge >= 0.3 is 0 Å². The van der Waals surface area contributed by atoms with E-state index in [1.807, 2.05) is 0 Å². The van der Waals surface area contributed by atoms with Crippen LogP contribution >= 0.6 is 13.4 Å². The largest absolute Gasteiger partial charge is 0.117 e. The van der Waals surface area contributed by atoms with Gasteiger partial charge in [-0.15, -0.1) is 13.4 Å². The van der Waals surface area contributed by atoms with E-state index in [2.05, 4.69) is 52.4 Å². The molecule has 0 amide bonds. The van der Waals surface area contributed by atoms with Crippen LogP contribution in [0.5, 0.6) is 0 Å². The summed E-state index contributed by atoms with van der Waals surface area (Å²) in [5.41, 5.74) is 0. The monoisotopic (exact) mass is 294 g/mol. The molecule has 0 spiro atoms. The smallest absolute Gasteiger partial charge is 0.0728 e. The molecule has 4 radical (unpaired) electrons. The van der Waals surface area contributed by atoms with Crippen LogP contribution in [0.4, 0.5) is 0 Å². The zero-order chi connectivity index (χ0) is 11.5. The van der Waals surface area contributed by atoms with E-state index in [1.54, 1.807) is 0 Å². The summed E-state index contributed by atoms with van der Waals surface area (Å²) in [6.45, 7) is 21.7. The molecule has 82 valence electrons. The quantitative estimate of drug-likeness (QED) is 0.501. The second-order valence-corrected chi connectivity index (χ2v) is 38.9. The average Bonchev–Trinajstić information content (AvgIpc) is 1.96. The molecule has 0 aliphatic carbocycles. The van der Waals surface area contributed by atoms with Gasteiger partial charge in [0.1, 0.15) is 0 Å². The normalized spacial score (nSPS) is 13.3. The lowest BCUT2D eigenvalue weighted by molar-refractivity contribution is 2.06. The van der Waals surface area contributed by atoms with Gasteiger partial charge in [-0.1, -0.05) is 52.4 Å². The first kappa shape index (κ1) is 15.7. The molecule has 0 nitrogen and oxygen atoms in total. The maximum absolute atomic E-state index is 2.58. The van der Waals surface area contributed by atoms with Crippen LogP contribution in [0.2, 0.25) is 52.4 Å². The molecule has 0 aromatic heterocycles. The Hall–Kier alpha value is 1.73. The molecule has 0 bridgehead atoms. The van der Waals surface area contributed by atoms with Gasteiger partial charge in [0, 0.05) is 0 Å². The molecule has 0 saturated heterocycles. The molecular formula is C8H24P2Si4. The van der Waals surface area contributed by atoms with Crippen LogP contribution in [0.15, 0.2) is 0 Å². The van der Waals surface area contributed by atoms with Crippen molar-refractivity contribution in [2.75, 3.05) is 0 Å². The van der Waals surface area contributed by atoms with E-state index in [0.29, 0.717) is 13.4 Å². The van der Waals surface area contributed by atoms with Crippen molar-refractivity contribution in [3.8, 4) is 0 Å². The molecule has 0 unspecified atom stereocenters. The van der Waals surface area contributed by atoms with Crippen LogP contribution in [0.1, 0.15) is 0 Å². The molecule has 14 heavy (non-hydrogen) atoms. The van der Waals surface area contributed by atoms with Crippen molar-refractivity contribution in [2.24, 2.45) is 0 Å². The highest BCUT2D eigenvalue weighted by Gasteiger charge is 2.32. The van der Waals surface area contributed by atoms with Gasteiger partial charge in [0.15, 0.2) is 0 Å². The maximum Gasteiger partial charge on any atom is 0.0728 e. The van der Waals surface area contributed by atoms with Gasteiger partial charge < -0.3 is 0 Å². The van der Waals surface area contributed by atoms with Crippen LogP contribution in [0, 0.1) is 0 Å². The van der Waals surface area contributed by atoms with Crippen molar-refractivity contribution in [3.05, 3.63) is 0 Å². The first-order valence-corrected chi connectivity index (χ1v) is 21.8. The van der Waals surface area contributed by atoms with Crippen molar-refractivity contribution in [2.45, 2.75) is 52.4 Å². The first-order valence-electron chi connectivity index (χ1n) is 5.09. The Morgan fingerprint density at radius 3 is 0.643 bits per heavy atom. The second-order valence-electron chi connectivity index (χ2n) is 4.41. The molecule has 6 heteroatoms. The van der Waals surface area contributed by atoms with E-state index in [1.165, 1.54) is 0 Å². The van der Waals surface area contributed by atoms with Gasteiger partial charge in [-0.3, -0.25) is 0 Å². The lowest BCUT2D eigenvalue weighted by Crippen LogP contribution is -2.19. The highest BCUT2D eigenvalue weighted by molar-refractivity contribution is 8.69. The fraction of sp³-hybridized carbons (Fsp3) is 1.00. The minimum atomic E-state index is 0.0293. The second kappa shape index (κ2) is 7.13. The minimum absolute atomic E-state index is 0.0293. The van der Waals surface area contributed by atoms with Gasteiger partial charge in [0.2, 0.25) is 0 Å². The molecule has 0 N–H and O–H groups in total. The molecule has 0 fully saturated rings. The van der Waals surface area contributed by atoms with Crippen LogP contribution < -0.4 is 0 Å². The third-order valence-corrected chi connectivity index (χ3v) is 61.9. The number of hydrogen-bond donors (Lipinski definition) is 0. The van der Waals surface area contributed by atoms with Crippen molar-refractivity contribution in [1.82, 2.24) is 0 Å². The highest BCUT2D eigenvalue weighted by atomic mass is 32.4. The molecule has 0 aliphatic heterocycles. The van der Waals surface area contributed by atoms with Crippen molar-refractivity contribution in [1.29, 1.82) is 0 Å². The minimum Gasteiger partial charge on any atom is -0.117 e. The Morgan fingerprint density at radius 2 is 0.571 bits per heavy atom. The Bertz CT molecular complexity index is 127. The molecular weight excluding hydrogens is 270 g/mol. The maximum atomic E-state index is 2.58. The molecule has 0 rings (SSSR count). The van der Waals surface area contributed by atoms with Crippen LogP contribution in [0.25, 0.3) is 0 Å². The SMILES string of the molecule is C[Si](C)P([Si](C)C)P([Si](C)C)[Si](C)C. The summed E-state index contributed by atoms with van der Waals surface area (Å²) in [5, 5.41) is 0. The third kappa shape index (κ3) is 4.71. The van der Waals surface area contributed by atoms with E-state index in [4.69, 9.17) is 0 Å². The van der Waals surface area contributed by atoms with Crippen molar-refractivity contribution < 1.29 is 0 Å². The van der Waals surface area contributed by atoms with Gasteiger partial charge in [-0.25, -0.2) is 0 Å². The van der Waals surface area contributed by atoms with Crippen LogP contribution in [-0.2, 0) is 0 Å². The van der Waals surface area contributed by atoms with Gasteiger partial charge in [-0.05, 0) is 0 Å². The molecule has 0 aliphatic rings.